The van der Waals surface area contributed by atoms with E-state index in [0.29, 0.717) is 11.8 Å². The van der Waals surface area contributed by atoms with Gasteiger partial charge in [-0.1, -0.05) is 29.5 Å². The largest absolute Gasteiger partial charge is 0.416 e. The summed E-state index contributed by atoms with van der Waals surface area (Å²) in [5.41, 5.74) is 2.92. The fourth-order valence-electron chi connectivity index (χ4n) is 5.23. The lowest BCUT2D eigenvalue weighted by atomic mass is 9.86. The maximum Gasteiger partial charge on any atom is 0.416 e. The molecule has 0 fully saturated rings. The third-order valence-electron chi connectivity index (χ3n) is 7.06. The minimum absolute atomic E-state index is 0.0524. The Kier molecular flexibility index (Phi) is 7.44. The van der Waals surface area contributed by atoms with E-state index in [1.54, 1.807) is 10.9 Å². The van der Waals surface area contributed by atoms with Crippen molar-refractivity contribution in [2.24, 2.45) is 0 Å². The number of hydrogen-bond donors (Lipinski definition) is 1. The number of carbonyl (C=O) groups is 1. The van der Waals surface area contributed by atoms with Crippen molar-refractivity contribution < 1.29 is 26.4 Å². The van der Waals surface area contributed by atoms with Gasteiger partial charge in [0.15, 0.2) is 0 Å². The molecule has 1 aromatic heterocycles. The Morgan fingerprint density at radius 1 is 1.15 bits per heavy atom. The van der Waals surface area contributed by atoms with Gasteiger partial charge >= 0.3 is 6.18 Å². The van der Waals surface area contributed by atoms with Crippen molar-refractivity contribution in [1.29, 1.82) is 0 Å². The Balaban J connectivity index is 1.40. The average Bonchev–Trinajstić information content (AvgIpc) is 3.37. The fourth-order valence-corrected chi connectivity index (χ4v) is 6.73. The third-order valence-corrected chi connectivity index (χ3v) is 8.84. The first-order valence-corrected chi connectivity index (χ1v) is 14.2. The molecule has 1 aliphatic carbocycles. The summed E-state index contributed by atoms with van der Waals surface area (Å²) >= 11 is 0. The number of amides is 1. The second-order valence-corrected chi connectivity index (χ2v) is 12.1. The molecule has 9 nitrogen and oxygen atoms in total. The van der Waals surface area contributed by atoms with Crippen molar-refractivity contribution in [3.8, 4) is 0 Å². The van der Waals surface area contributed by atoms with Crippen LogP contribution in [0.4, 0.5) is 13.2 Å². The van der Waals surface area contributed by atoms with Crippen molar-refractivity contribution in [2.75, 3.05) is 14.1 Å². The molecule has 1 amide bonds. The van der Waals surface area contributed by atoms with E-state index in [0.717, 1.165) is 66.3 Å². The Morgan fingerprint density at radius 3 is 2.70 bits per heavy atom. The molecule has 5 rings (SSSR count). The number of alkyl halides is 3. The smallest absolute Gasteiger partial charge is 0.329 e. The van der Waals surface area contributed by atoms with Gasteiger partial charge in [-0.05, 0) is 68.2 Å². The number of benzene rings is 2. The Hall–Kier alpha value is -3.71. The maximum atomic E-state index is 13.4. The van der Waals surface area contributed by atoms with Crippen molar-refractivity contribution in [2.45, 2.75) is 55.4 Å². The predicted molar refractivity (Wildman–Crippen MR) is 140 cm³/mol. The number of sulfonamides is 1. The molecular weight excluding hydrogens is 545 g/mol. The van der Waals surface area contributed by atoms with Crippen LogP contribution in [0.2, 0.25) is 0 Å². The van der Waals surface area contributed by atoms with Crippen LogP contribution in [0.1, 0.15) is 46.8 Å². The molecule has 2 atom stereocenters. The minimum Gasteiger partial charge on any atom is -0.329 e. The minimum atomic E-state index is -4.72. The van der Waals surface area contributed by atoms with Gasteiger partial charge in [-0.25, -0.2) is 13.1 Å². The first-order chi connectivity index (χ1) is 18.9. The Bertz CT molecular complexity index is 1550. The second kappa shape index (κ2) is 10.7. The lowest BCUT2D eigenvalue weighted by Gasteiger charge is -2.31. The molecule has 0 bridgehead atoms. The van der Waals surface area contributed by atoms with Crippen LogP contribution in [-0.2, 0) is 40.4 Å². The topological polar surface area (TPSA) is 100 Å². The SMILES string of the molecule is CN(C)Cc1ccc2c(c1)CCCC2n1cc(CC2C(=O)NC=CN2S(=O)(=O)c2cccc(C(F)(F)F)c2)nn1. The van der Waals surface area contributed by atoms with E-state index >= 15 is 0 Å². The van der Waals surface area contributed by atoms with Crippen LogP contribution < -0.4 is 5.32 Å². The van der Waals surface area contributed by atoms with Gasteiger partial charge in [0.2, 0.25) is 5.91 Å². The molecule has 0 saturated heterocycles. The normalized spacial score (nSPS) is 19.6. The number of aryl methyl sites for hydroxylation is 1. The van der Waals surface area contributed by atoms with E-state index < -0.39 is 38.6 Å². The van der Waals surface area contributed by atoms with Crippen molar-refractivity contribution >= 4 is 15.9 Å². The first-order valence-electron chi connectivity index (χ1n) is 12.8. The van der Waals surface area contributed by atoms with Gasteiger partial charge in [-0.3, -0.25) is 9.10 Å². The number of aromatic nitrogens is 3. The van der Waals surface area contributed by atoms with Crippen LogP contribution in [0.3, 0.4) is 0 Å². The number of nitrogens with zero attached hydrogens (tertiary/aromatic N) is 5. The molecule has 0 spiro atoms. The quantitative estimate of drug-likeness (QED) is 0.464. The number of halogens is 3. The van der Waals surface area contributed by atoms with Gasteiger partial charge in [0.05, 0.1) is 22.2 Å². The summed E-state index contributed by atoms with van der Waals surface area (Å²) in [4.78, 5) is 14.3. The highest BCUT2D eigenvalue weighted by Crippen LogP contribution is 2.34. The number of nitrogens with one attached hydrogen (secondary N) is 1. The molecule has 2 heterocycles. The van der Waals surface area contributed by atoms with Crippen LogP contribution >= 0.6 is 0 Å². The Labute approximate surface area is 230 Å². The summed E-state index contributed by atoms with van der Waals surface area (Å²) in [6, 6.07) is 8.57. The molecule has 40 heavy (non-hydrogen) atoms. The third kappa shape index (κ3) is 5.61. The summed E-state index contributed by atoms with van der Waals surface area (Å²) in [6.07, 6.45) is 1.93. The van der Waals surface area contributed by atoms with Gasteiger partial charge in [0.1, 0.15) is 6.04 Å². The summed E-state index contributed by atoms with van der Waals surface area (Å²) < 4.78 is 69.0. The summed E-state index contributed by atoms with van der Waals surface area (Å²) in [7, 11) is -0.443. The molecule has 2 unspecified atom stereocenters. The molecule has 2 aromatic carbocycles. The first kappa shape index (κ1) is 27.8. The van der Waals surface area contributed by atoms with E-state index in [4.69, 9.17) is 0 Å². The molecule has 1 aliphatic heterocycles. The molecule has 212 valence electrons. The standard InChI is InChI=1S/C27H29F3N6O3S/c1-34(2)16-18-9-10-23-19(13-18)5-3-8-24(23)35-17-21(32-33-35)15-25-26(37)31-11-12-36(25)40(38,39)22-7-4-6-20(14-22)27(28,29)30/h4,6-7,9-14,17,24-25H,3,5,8,15-16H2,1-2H3,(H,31,37). The molecule has 3 aromatic rings. The van der Waals surface area contributed by atoms with Crippen LogP contribution in [0.15, 0.2) is 66.0 Å². The fraction of sp³-hybridized carbons (Fsp3) is 0.370. The zero-order valence-corrected chi connectivity index (χ0v) is 22.8. The Morgan fingerprint density at radius 2 is 1.95 bits per heavy atom. The van der Waals surface area contributed by atoms with Gasteiger partial charge < -0.3 is 10.2 Å². The van der Waals surface area contributed by atoms with E-state index in [1.807, 2.05) is 14.1 Å². The van der Waals surface area contributed by atoms with Gasteiger partial charge in [0.25, 0.3) is 10.0 Å². The zero-order chi connectivity index (χ0) is 28.7. The highest BCUT2D eigenvalue weighted by Gasteiger charge is 2.38. The van der Waals surface area contributed by atoms with Gasteiger partial charge in [0, 0.05) is 31.6 Å². The lowest BCUT2D eigenvalue weighted by molar-refractivity contribution is -0.137. The number of rotatable bonds is 7. The van der Waals surface area contributed by atoms with Crippen LogP contribution in [0, 0.1) is 0 Å². The second-order valence-electron chi connectivity index (χ2n) is 10.3. The molecule has 2 aliphatic rings. The van der Waals surface area contributed by atoms with Crippen molar-refractivity contribution in [3.63, 3.8) is 0 Å². The monoisotopic (exact) mass is 574 g/mol. The zero-order valence-electron chi connectivity index (χ0n) is 22.0. The summed E-state index contributed by atoms with van der Waals surface area (Å²) in [5.74, 6) is -0.621. The predicted octanol–water partition coefficient (Wildman–Crippen LogP) is 3.49. The van der Waals surface area contributed by atoms with Crippen LogP contribution in [-0.4, -0.2) is 58.7 Å². The lowest BCUT2D eigenvalue weighted by Crippen LogP contribution is -2.50. The van der Waals surface area contributed by atoms with E-state index in [1.165, 1.54) is 11.1 Å². The summed E-state index contributed by atoms with van der Waals surface area (Å²) in [6.45, 7) is 0.837. The number of fused-ring (bicyclic) bond motifs is 1. The van der Waals surface area contributed by atoms with E-state index in [2.05, 4.69) is 38.7 Å². The van der Waals surface area contributed by atoms with Crippen molar-refractivity contribution in [1.82, 2.24) is 29.5 Å². The van der Waals surface area contributed by atoms with Gasteiger partial charge in [-0.15, -0.1) is 5.10 Å². The summed E-state index contributed by atoms with van der Waals surface area (Å²) in [5, 5.41) is 11.0. The molecule has 1 N–H and O–H groups in total. The average molecular weight is 575 g/mol. The molecule has 13 heteroatoms. The highest BCUT2D eigenvalue weighted by atomic mass is 32.2. The molecule has 0 radical (unpaired) electrons. The van der Waals surface area contributed by atoms with E-state index in [-0.39, 0.29) is 12.5 Å². The number of hydrogen-bond acceptors (Lipinski definition) is 6. The van der Waals surface area contributed by atoms with Crippen LogP contribution in [0.25, 0.3) is 0 Å². The molecule has 0 saturated carbocycles. The van der Waals surface area contributed by atoms with Gasteiger partial charge in [-0.2, -0.15) is 13.2 Å². The molecular formula is C27H29F3N6O3S. The number of carbonyl (C=O) groups excluding carboxylic acids is 1. The van der Waals surface area contributed by atoms with E-state index in [9.17, 15) is 26.4 Å². The maximum absolute atomic E-state index is 13.4. The van der Waals surface area contributed by atoms with Crippen LogP contribution in [0.5, 0.6) is 0 Å². The van der Waals surface area contributed by atoms with Crippen molar-refractivity contribution in [3.05, 3.63) is 89.0 Å². The highest BCUT2D eigenvalue weighted by molar-refractivity contribution is 7.89.